The van der Waals surface area contributed by atoms with Gasteiger partial charge >= 0.3 is 0 Å². The lowest BCUT2D eigenvalue weighted by Gasteiger charge is -2.25. The van der Waals surface area contributed by atoms with Crippen molar-refractivity contribution in [3.63, 3.8) is 0 Å². The molecular formula is C26H20ClNO5. The molecule has 2 heterocycles. The van der Waals surface area contributed by atoms with Crippen molar-refractivity contribution in [2.24, 2.45) is 0 Å². The number of fused-ring (bicyclic) bond motifs is 1. The fourth-order valence-corrected chi connectivity index (χ4v) is 4.27. The number of anilines is 1. The van der Waals surface area contributed by atoms with E-state index in [2.05, 4.69) is 0 Å². The highest BCUT2D eigenvalue weighted by molar-refractivity contribution is 6.51. The summed E-state index contributed by atoms with van der Waals surface area (Å²) in [5.41, 5.74) is 2.69. The standard InChI is InChI=1S/C26H20ClNO5/c1-2-15-3-5-17(6-4-15)24(29)22-23(16-7-9-18(27)10-8-16)28(26(31)25(22)30)19-11-12-20-21(13-19)33-14-32-20/h3-13,23,29H,2,14H2,1H3/b24-22+. The average Bonchev–Trinajstić information content (AvgIpc) is 3.41. The zero-order valence-electron chi connectivity index (χ0n) is 17.7. The second-order valence-corrected chi connectivity index (χ2v) is 8.25. The molecule has 0 bridgehead atoms. The summed E-state index contributed by atoms with van der Waals surface area (Å²) in [6.45, 7) is 2.12. The van der Waals surface area contributed by atoms with Gasteiger partial charge in [0.15, 0.2) is 11.5 Å². The van der Waals surface area contributed by atoms with E-state index in [1.54, 1.807) is 54.6 Å². The number of carbonyl (C=O) groups excluding carboxylic acids is 2. The largest absolute Gasteiger partial charge is 0.507 e. The number of aryl methyl sites for hydroxylation is 1. The molecule has 0 aromatic heterocycles. The van der Waals surface area contributed by atoms with Gasteiger partial charge in [0, 0.05) is 22.3 Å². The highest BCUT2D eigenvalue weighted by Crippen LogP contribution is 2.45. The minimum absolute atomic E-state index is 0.0178. The number of nitrogens with zero attached hydrogens (tertiary/aromatic N) is 1. The van der Waals surface area contributed by atoms with Gasteiger partial charge in [-0.1, -0.05) is 54.9 Å². The van der Waals surface area contributed by atoms with Crippen LogP contribution in [0.5, 0.6) is 11.5 Å². The Morgan fingerprint density at radius 2 is 1.70 bits per heavy atom. The number of rotatable bonds is 4. The summed E-state index contributed by atoms with van der Waals surface area (Å²) >= 11 is 6.08. The predicted octanol–water partition coefficient (Wildman–Crippen LogP) is 5.26. The number of amides is 1. The van der Waals surface area contributed by atoms with Crippen LogP contribution in [0.4, 0.5) is 5.69 Å². The molecule has 1 saturated heterocycles. The number of hydrogen-bond acceptors (Lipinski definition) is 5. The van der Waals surface area contributed by atoms with Crippen molar-refractivity contribution in [1.82, 2.24) is 0 Å². The number of ketones is 1. The molecule has 5 rings (SSSR count). The fourth-order valence-electron chi connectivity index (χ4n) is 4.15. The van der Waals surface area contributed by atoms with Crippen molar-refractivity contribution in [3.8, 4) is 11.5 Å². The molecule has 2 aliphatic heterocycles. The third-order valence-corrected chi connectivity index (χ3v) is 6.15. The number of Topliss-reactive ketones (excluding diaryl/α,β-unsaturated/α-hetero) is 1. The highest BCUT2D eigenvalue weighted by atomic mass is 35.5. The van der Waals surface area contributed by atoms with Crippen molar-refractivity contribution in [2.45, 2.75) is 19.4 Å². The Morgan fingerprint density at radius 1 is 1.00 bits per heavy atom. The molecule has 3 aromatic rings. The van der Waals surface area contributed by atoms with E-state index >= 15 is 0 Å². The summed E-state index contributed by atoms with van der Waals surface area (Å²) in [5, 5.41) is 11.7. The smallest absolute Gasteiger partial charge is 0.300 e. The van der Waals surface area contributed by atoms with E-state index in [0.717, 1.165) is 12.0 Å². The number of halogens is 1. The monoisotopic (exact) mass is 461 g/mol. The molecule has 1 unspecified atom stereocenters. The molecule has 0 spiro atoms. The normalized spacial score (nSPS) is 18.7. The molecule has 3 aromatic carbocycles. The quantitative estimate of drug-likeness (QED) is 0.326. The first-order valence-corrected chi connectivity index (χ1v) is 10.9. The number of benzene rings is 3. The van der Waals surface area contributed by atoms with E-state index in [-0.39, 0.29) is 18.1 Å². The maximum atomic E-state index is 13.2. The summed E-state index contributed by atoms with van der Waals surface area (Å²) in [6, 6.07) is 18.3. The molecule has 1 atom stereocenters. The van der Waals surface area contributed by atoms with Crippen LogP contribution in [0.25, 0.3) is 5.76 Å². The molecule has 0 aliphatic carbocycles. The van der Waals surface area contributed by atoms with Gasteiger partial charge in [-0.15, -0.1) is 0 Å². The van der Waals surface area contributed by atoms with Crippen LogP contribution >= 0.6 is 11.6 Å². The van der Waals surface area contributed by atoms with Gasteiger partial charge in [0.2, 0.25) is 6.79 Å². The van der Waals surface area contributed by atoms with Crippen molar-refractivity contribution in [2.75, 3.05) is 11.7 Å². The number of ether oxygens (including phenoxy) is 2. The molecule has 1 amide bonds. The molecule has 1 fully saturated rings. The van der Waals surface area contributed by atoms with Gasteiger partial charge in [0.25, 0.3) is 11.7 Å². The van der Waals surface area contributed by atoms with Gasteiger partial charge in [-0.3, -0.25) is 14.5 Å². The average molecular weight is 462 g/mol. The molecule has 0 saturated carbocycles. The van der Waals surface area contributed by atoms with E-state index in [4.69, 9.17) is 21.1 Å². The Kier molecular flexibility index (Phi) is 5.30. The van der Waals surface area contributed by atoms with Crippen molar-refractivity contribution in [3.05, 3.63) is 94.0 Å². The summed E-state index contributed by atoms with van der Waals surface area (Å²) in [6.07, 6.45) is 0.848. The van der Waals surface area contributed by atoms with Gasteiger partial charge in [-0.05, 0) is 41.8 Å². The van der Waals surface area contributed by atoms with Gasteiger partial charge in [-0.2, -0.15) is 0 Å². The molecule has 6 nitrogen and oxygen atoms in total. The number of carbonyl (C=O) groups is 2. The minimum Gasteiger partial charge on any atom is -0.507 e. The van der Waals surface area contributed by atoms with Gasteiger partial charge in [-0.25, -0.2) is 0 Å². The predicted molar refractivity (Wildman–Crippen MR) is 125 cm³/mol. The maximum absolute atomic E-state index is 13.2. The first-order valence-electron chi connectivity index (χ1n) is 10.5. The van der Waals surface area contributed by atoms with Crippen LogP contribution in [0.1, 0.15) is 29.7 Å². The van der Waals surface area contributed by atoms with Crippen LogP contribution in [-0.2, 0) is 16.0 Å². The third-order valence-electron chi connectivity index (χ3n) is 5.90. The summed E-state index contributed by atoms with van der Waals surface area (Å²) < 4.78 is 10.8. The van der Waals surface area contributed by atoms with Gasteiger partial charge in [0.05, 0.1) is 11.6 Å². The van der Waals surface area contributed by atoms with Crippen LogP contribution < -0.4 is 14.4 Å². The molecule has 0 radical (unpaired) electrons. The lowest BCUT2D eigenvalue weighted by molar-refractivity contribution is -0.132. The topological polar surface area (TPSA) is 76.1 Å². The second-order valence-electron chi connectivity index (χ2n) is 7.81. The van der Waals surface area contributed by atoms with E-state index in [0.29, 0.717) is 33.3 Å². The number of hydrogen-bond donors (Lipinski definition) is 1. The van der Waals surface area contributed by atoms with Crippen molar-refractivity contribution < 1.29 is 24.2 Å². The first kappa shape index (κ1) is 21.1. The Balaban J connectivity index is 1.68. The van der Waals surface area contributed by atoms with Crippen LogP contribution in [-0.4, -0.2) is 23.6 Å². The van der Waals surface area contributed by atoms with Crippen molar-refractivity contribution >= 4 is 34.7 Å². The molecular weight excluding hydrogens is 442 g/mol. The fraction of sp³-hybridized carbons (Fsp3) is 0.154. The second kappa shape index (κ2) is 8.30. The summed E-state index contributed by atoms with van der Waals surface area (Å²) in [5.74, 6) is -0.668. The number of aliphatic hydroxyl groups excluding tert-OH is 1. The van der Waals surface area contributed by atoms with E-state index in [1.807, 2.05) is 19.1 Å². The Bertz CT molecular complexity index is 1280. The molecule has 7 heteroatoms. The minimum atomic E-state index is -0.839. The highest BCUT2D eigenvalue weighted by Gasteiger charge is 2.47. The zero-order valence-corrected chi connectivity index (χ0v) is 18.5. The van der Waals surface area contributed by atoms with Crippen LogP contribution in [0.2, 0.25) is 5.02 Å². The van der Waals surface area contributed by atoms with Crippen LogP contribution in [0, 0.1) is 0 Å². The SMILES string of the molecule is CCc1ccc(/C(O)=C2\C(=O)C(=O)N(c3ccc4c(c3)OCO4)C2c2ccc(Cl)cc2)cc1. The molecule has 2 aliphatic rings. The Hall–Kier alpha value is -3.77. The maximum Gasteiger partial charge on any atom is 0.300 e. The van der Waals surface area contributed by atoms with E-state index < -0.39 is 17.7 Å². The van der Waals surface area contributed by atoms with Gasteiger partial charge < -0.3 is 14.6 Å². The molecule has 1 N–H and O–H groups in total. The van der Waals surface area contributed by atoms with Crippen molar-refractivity contribution in [1.29, 1.82) is 0 Å². The lowest BCUT2D eigenvalue weighted by Crippen LogP contribution is -2.29. The number of aliphatic hydroxyl groups is 1. The third kappa shape index (κ3) is 3.62. The van der Waals surface area contributed by atoms with Crippen LogP contribution in [0.3, 0.4) is 0 Å². The van der Waals surface area contributed by atoms with E-state index in [9.17, 15) is 14.7 Å². The summed E-state index contributed by atoms with van der Waals surface area (Å²) in [4.78, 5) is 27.8. The zero-order chi connectivity index (χ0) is 23.1. The van der Waals surface area contributed by atoms with Gasteiger partial charge in [0.1, 0.15) is 5.76 Å². The lowest BCUT2D eigenvalue weighted by atomic mass is 9.94. The summed E-state index contributed by atoms with van der Waals surface area (Å²) in [7, 11) is 0. The Labute approximate surface area is 195 Å². The van der Waals surface area contributed by atoms with Crippen LogP contribution in [0.15, 0.2) is 72.3 Å². The van der Waals surface area contributed by atoms with E-state index in [1.165, 1.54) is 4.90 Å². The molecule has 33 heavy (non-hydrogen) atoms. The molecule has 166 valence electrons. The Morgan fingerprint density at radius 3 is 2.39 bits per heavy atom. The first-order chi connectivity index (χ1) is 16.0.